The monoisotopic (exact) mass is 833 g/mol. The van der Waals surface area contributed by atoms with Crippen molar-refractivity contribution in [1.82, 2.24) is 0 Å². The Bertz CT molecular complexity index is 3440. The molecule has 0 fully saturated rings. The van der Waals surface area contributed by atoms with E-state index in [1.165, 1.54) is 11.1 Å². The fourth-order valence-electron chi connectivity index (χ4n) is 9.77. The van der Waals surface area contributed by atoms with Crippen LogP contribution in [0.5, 0.6) is 0 Å². The smallest absolute Gasteiger partial charge is 0.0998 e. The van der Waals surface area contributed by atoms with Gasteiger partial charge in [0.15, 0.2) is 0 Å². The van der Waals surface area contributed by atoms with Crippen LogP contribution in [0.2, 0.25) is 0 Å². The third kappa shape index (κ3) is 6.58. The summed E-state index contributed by atoms with van der Waals surface area (Å²) in [4.78, 5) is 2.35. The van der Waals surface area contributed by atoms with E-state index in [4.69, 9.17) is 0 Å². The normalized spacial score (nSPS) is 11.8. The average molecular weight is 834 g/mol. The van der Waals surface area contributed by atoms with E-state index < -0.39 is 0 Å². The lowest BCUT2D eigenvalue weighted by Gasteiger charge is -2.29. The van der Waals surface area contributed by atoms with Gasteiger partial charge in [-0.15, -0.1) is 0 Å². The summed E-state index contributed by atoms with van der Waals surface area (Å²) in [5.74, 6) is 0. The predicted molar refractivity (Wildman–Crippen MR) is 265 cm³/mol. The van der Waals surface area contributed by atoms with Gasteiger partial charge in [0.1, 0.15) is 0 Å². The van der Waals surface area contributed by atoms with Crippen molar-refractivity contribution in [3.63, 3.8) is 0 Å². The summed E-state index contributed by atoms with van der Waals surface area (Å²) >= 11 is 0. The lowest BCUT2D eigenvalue weighted by molar-refractivity contribution is 0.590. The van der Waals surface area contributed by atoms with Crippen molar-refractivity contribution in [2.24, 2.45) is 0 Å². The Labute approximate surface area is 379 Å². The number of fused-ring (bicyclic) bond motifs is 5. The van der Waals surface area contributed by atoms with Gasteiger partial charge in [0.2, 0.25) is 0 Å². The minimum absolute atomic E-state index is 0.0169. The third-order valence-electron chi connectivity index (χ3n) is 13.0. The van der Waals surface area contributed by atoms with Crippen LogP contribution in [-0.4, -0.2) is 0 Å². The van der Waals surface area contributed by atoms with Gasteiger partial charge in [0.25, 0.3) is 0 Å². The zero-order valence-electron chi connectivity index (χ0n) is 37.2. The highest BCUT2D eigenvalue weighted by molar-refractivity contribution is 6.30. The summed E-state index contributed by atoms with van der Waals surface area (Å²) in [5, 5.41) is 47.5. The highest BCUT2D eigenvalue weighted by Gasteiger charge is 2.34. The fraction of sp³-hybridized carbons (Fsp3) is 0.133. The quantitative estimate of drug-likeness (QED) is 0.161. The van der Waals surface area contributed by atoms with E-state index in [2.05, 4.69) is 174 Å². The van der Waals surface area contributed by atoms with Crippen molar-refractivity contribution >= 4 is 49.4 Å². The average Bonchev–Trinajstić information content (AvgIpc) is 3.64. The van der Waals surface area contributed by atoms with Gasteiger partial charge in [0.05, 0.1) is 52.2 Å². The lowest BCUT2D eigenvalue weighted by Crippen LogP contribution is -2.14. The molecular formula is C60H43N5. The maximum Gasteiger partial charge on any atom is 0.0998 e. The van der Waals surface area contributed by atoms with Gasteiger partial charge >= 0.3 is 0 Å². The zero-order chi connectivity index (χ0) is 45.4. The Morgan fingerprint density at radius 3 is 1.26 bits per heavy atom. The summed E-state index contributed by atoms with van der Waals surface area (Å²) < 4.78 is 0. The first-order chi connectivity index (χ1) is 31.3. The minimum atomic E-state index is -0.0169. The molecule has 0 saturated heterocycles. The van der Waals surface area contributed by atoms with E-state index in [1.807, 2.05) is 24.3 Å². The maximum atomic E-state index is 10.8. The van der Waals surface area contributed by atoms with E-state index in [9.17, 15) is 21.0 Å². The lowest BCUT2D eigenvalue weighted by atomic mass is 9.80. The molecule has 5 heteroatoms. The number of anilines is 3. The number of rotatable bonds is 5. The molecule has 0 bridgehead atoms. The maximum absolute atomic E-state index is 10.8. The molecule has 0 heterocycles. The molecule has 1 aliphatic rings. The number of nitriles is 4. The molecule has 65 heavy (non-hydrogen) atoms. The Morgan fingerprint density at radius 1 is 0.385 bits per heavy atom. The molecule has 0 amide bonds. The van der Waals surface area contributed by atoms with Crippen molar-refractivity contribution in [2.45, 2.75) is 52.4 Å². The van der Waals surface area contributed by atoms with Crippen LogP contribution in [0.15, 0.2) is 152 Å². The van der Waals surface area contributed by atoms with E-state index in [1.54, 1.807) is 24.3 Å². The van der Waals surface area contributed by atoms with Crippen LogP contribution in [-0.2, 0) is 10.8 Å². The Balaban J connectivity index is 1.35. The molecule has 1 aliphatic carbocycles. The summed E-state index contributed by atoms with van der Waals surface area (Å²) in [5.41, 5.74) is 14.3. The van der Waals surface area contributed by atoms with E-state index in [-0.39, 0.29) is 10.8 Å². The van der Waals surface area contributed by atoms with Crippen LogP contribution in [0.3, 0.4) is 0 Å². The standard InChI is InChI=1S/C60H43N5/c1-59(2,3)42-16-20-44(21-17-42)65(45-22-18-43(19-23-45)60(4,5)6)53-27-26-50-54-48(53)12-9-13-49(54)57-55(46-24-14-36(32-61)28-40(46)34-63)51-30-38-10-7-8-11-39(38)31-52(51)56(58(50)57)47-25-15-37(33-62)29-41(47)35-64/h7-31H,1-6H3. The molecule has 0 atom stereocenters. The van der Waals surface area contributed by atoms with Crippen LogP contribution in [0.4, 0.5) is 17.1 Å². The van der Waals surface area contributed by atoms with Crippen LogP contribution in [0, 0.1) is 45.3 Å². The highest BCUT2D eigenvalue weighted by Crippen LogP contribution is 2.60. The van der Waals surface area contributed by atoms with E-state index in [0.29, 0.717) is 22.3 Å². The fourth-order valence-corrected chi connectivity index (χ4v) is 9.77. The Kier molecular flexibility index (Phi) is 9.43. The molecular weight excluding hydrogens is 791 g/mol. The minimum Gasteiger partial charge on any atom is -0.310 e. The SMILES string of the molecule is CC(C)(C)c1ccc(N(c2ccc(C(C)(C)C)cc2)c2ccc3c4c(cccc24)-c2c-3c(-c3ccc(C#N)cc3C#N)c3cc4ccccc4cc3c2-c2ccc(C#N)cc2C#N)cc1. The molecule has 0 aromatic heterocycles. The highest BCUT2D eigenvalue weighted by atomic mass is 15.1. The molecule has 0 aliphatic heterocycles. The summed E-state index contributed by atoms with van der Waals surface area (Å²) in [6.45, 7) is 13.4. The van der Waals surface area contributed by atoms with Crippen molar-refractivity contribution < 1.29 is 0 Å². The van der Waals surface area contributed by atoms with Gasteiger partial charge in [-0.1, -0.05) is 126 Å². The summed E-state index contributed by atoms with van der Waals surface area (Å²) in [6, 6.07) is 61.4. The first-order valence-corrected chi connectivity index (χ1v) is 21.8. The van der Waals surface area contributed by atoms with E-state index >= 15 is 0 Å². The molecule has 0 N–H and O–H groups in total. The second kappa shape index (κ2) is 15.1. The van der Waals surface area contributed by atoms with Gasteiger partial charge in [-0.25, -0.2) is 0 Å². The molecule has 9 aromatic rings. The van der Waals surface area contributed by atoms with E-state index in [0.717, 1.165) is 93.9 Å². The van der Waals surface area contributed by atoms with Crippen molar-refractivity contribution in [3.8, 4) is 68.8 Å². The van der Waals surface area contributed by atoms with Crippen LogP contribution >= 0.6 is 0 Å². The predicted octanol–water partition coefficient (Wildman–Crippen LogP) is 15.7. The first kappa shape index (κ1) is 40.6. The molecule has 0 unspecified atom stereocenters. The van der Waals surface area contributed by atoms with Gasteiger partial charge in [0, 0.05) is 27.9 Å². The first-order valence-electron chi connectivity index (χ1n) is 21.8. The second-order valence-corrected chi connectivity index (χ2v) is 19.0. The van der Waals surface area contributed by atoms with Gasteiger partial charge in [-0.3, -0.25) is 0 Å². The molecule has 0 radical (unpaired) electrons. The summed E-state index contributed by atoms with van der Waals surface area (Å²) in [7, 11) is 0. The topological polar surface area (TPSA) is 98.4 Å². The van der Waals surface area contributed by atoms with Crippen LogP contribution in [0.1, 0.15) is 74.9 Å². The van der Waals surface area contributed by atoms with Gasteiger partial charge < -0.3 is 4.90 Å². The van der Waals surface area contributed by atoms with Crippen LogP contribution in [0.25, 0.3) is 76.8 Å². The van der Waals surface area contributed by atoms with Crippen molar-refractivity contribution in [1.29, 1.82) is 21.0 Å². The molecule has 5 nitrogen and oxygen atoms in total. The van der Waals surface area contributed by atoms with Gasteiger partial charge in [-0.05, 0) is 149 Å². The molecule has 9 aromatic carbocycles. The Hall–Kier alpha value is -8.48. The number of benzene rings is 9. The van der Waals surface area contributed by atoms with Crippen molar-refractivity contribution in [3.05, 3.63) is 185 Å². The van der Waals surface area contributed by atoms with Crippen molar-refractivity contribution in [2.75, 3.05) is 4.90 Å². The largest absolute Gasteiger partial charge is 0.310 e. The third-order valence-corrected chi connectivity index (χ3v) is 13.0. The van der Waals surface area contributed by atoms with Crippen LogP contribution < -0.4 is 4.90 Å². The van der Waals surface area contributed by atoms with Gasteiger partial charge in [-0.2, -0.15) is 21.0 Å². The second-order valence-electron chi connectivity index (χ2n) is 19.0. The molecule has 0 spiro atoms. The number of hydrogen-bond donors (Lipinski definition) is 0. The molecule has 10 rings (SSSR count). The number of nitrogens with zero attached hydrogens (tertiary/aromatic N) is 5. The summed E-state index contributed by atoms with van der Waals surface area (Å²) in [6.07, 6.45) is 0. The molecule has 0 saturated carbocycles. The molecule has 308 valence electrons. The Morgan fingerprint density at radius 2 is 0.831 bits per heavy atom. The zero-order valence-corrected chi connectivity index (χ0v) is 37.2. The number of hydrogen-bond acceptors (Lipinski definition) is 5.